The Bertz CT molecular complexity index is 314. The Morgan fingerprint density at radius 1 is 1.73 bits per heavy atom. The topological polar surface area (TPSA) is 41.6 Å². The van der Waals surface area contributed by atoms with E-state index in [1.165, 1.54) is 12.8 Å². The summed E-state index contributed by atoms with van der Waals surface area (Å²) in [6.45, 7) is 2.15. The van der Waals surface area contributed by atoms with Crippen molar-refractivity contribution < 1.29 is 0 Å². The Morgan fingerprint density at radius 3 is 2.91 bits per heavy atom. The highest BCUT2D eigenvalue weighted by molar-refractivity contribution is 5.22. The van der Waals surface area contributed by atoms with Crippen molar-refractivity contribution >= 4 is 0 Å². The summed E-state index contributed by atoms with van der Waals surface area (Å²) in [5.41, 5.74) is 0.868. The van der Waals surface area contributed by atoms with Crippen LogP contribution in [0.2, 0.25) is 0 Å². The summed E-state index contributed by atoms with van der Waals surface area (Å²) in [6.07, 6.45) is 5.79. The second kappa shape index (κ2) is 1.85. The number of hydrogen-bond donors (Lipinski definition) is 0. The molecular formula is C8H9N3. The third kappa shape index (κ3) is 0.911. The van der Waals surface area contributed by atoms with Crippen LogP contribution in [0.15, 0.2) is 12.4 Å². The molecule has 1 aliphatic carbocycles. The average molecular weight is 147 g/mol. The summed E-state index contributed by atoms with van der Waals surface area (Å²) in [5, 5.41) is 12.6. The number of aromatic nitrogens is 2. The Balaban J connectivity index is 2.34. The zero-order valence-electron chi connectivity index (χ0n) is 6.41. The molecule has 56 valence electrons. The molecule has 1 aliphatic rings. The highest BCUT2D eigenvalue weighted by Crippen LogP contribution is 2.42. The fourth-order valence-corrected chi connectivity index (χ4v) is 1.09. The molecule has 0 N–H and O–H groups in total. The van der Waals surface area contributed by atoms with Crippen LogP contribution in [0, 0.1) is 11.3 Å². The Labute approximate surface area is 65.3 Å². The molecule has 2 rings (SSSR count). The molecule has 1 heterocycles. The van der Waals surface area contributed by atoms with E-state index in [2.05, 4.69) is 18.1 Å². The van der Waals surface area contributed by atoms with Crippen LogP contribution in [0.5, 0.6) is 0 Å². The molecular weight excluding hydrogens is 138 g/mol. The summed E-state index contributed by atoms with van der Waals surface area (Å²) >= 11 is 0. The van der Waals surface area contributed by atoms with E-state index in [9.17, 15) is 0 Å². The minimum Gasteiger partial charge on any atom is -0.266 e. The minimum absolute atomic E-state index is 0.217. The van der Waals surface area contributed by atoms with Crippen molar-refractivity contribution in [1.29, 1.82) is 5.26 Å². The van der Waals surface area contributed by atoms with E-state index in [0.29, 0.717) is 5.56 Å². The lowest BCUT2D eigenvalue weighted by Gasteiger charge is -2.06. The first-order valence-corrected chi connectivity index (χ1v) is 3.70. The van der Waals surface area contributed by atoms with Crippen LogP contribution in [0.4, 0.5) is 0 Å². The van der Waals surface area contributed by atoms with E-state index in [0.717, 1.165) is 0 Å². The first kappa shape index (κ1) is 6.41. The first-order chi connectivity index (χ1) is 5.24. The van der Waals surface area contributed by atoms with Crippen molar-refractivity contribution in [3.05, 3.63) is 18.0 Å². The standard InChI is InChI=1S/C8H9N3/c1-8(2-3-8)11-6-7(4-9)5-10-11/h5-6H,2-3H2,1H3. The van der Waals surface area contributed by atoms with Gasteiger partial charge >= 0.3 is 0 Å². The maximum absolute atomic E-state index is 8.53. The van der Waals surface area contributed by atoms with E-state index in [4.69, 9.17) is 5.26 Å². The largest absolute Gasteiger partial charge is 0.266 e. The van der Waals surface area contributed by atoms with E-state index < -0.39 is 0 Å². The maximum atomic E-state index is 8.53. The van der Waals surface area contributed by atoms with Crippen LogP contribution in [0.1, 0.15) is 25.3 Å². The summed E-state index contributed by atoms with van der Waals surface area (Å²) < 4.78 is 1.89. The van der Waals surface area contributed by atoms with Crippen LogP contribution in [-0.2, 0) is 5.54 Å². The van der Waals surface area contributed by atoms with Crippen molar-refractivity contribution in [2.45, 2.75) is 25.3 Å². The van der Waals surface area contributed by atoms with E-state index >= 15 is 0 Å². The van der Waals surface area contributed by atoms with Gasteiger partial charge in [0.25, 0.3) is 0 Å². The minimum atomic E-state index is 0.217. The molecule has 11 heavy (non-hydrogen) atoms. The molecule has 1 saturated carbocycles. The van der Waals surface area contributed by atoms with Crippen molar-refractivity contribution in [2.24, 2.45) is 0 Å². The predicted octanol–water partition coefficient (Wildman–Crippen LogP) is 1.26. The molecule has 0 aliphatic heterocycles. The van der Waals surface area contributed by atoms with Gasteiger partial charge in [-0.15, -0.1) is 0 Å². The zero-order valence-corrected chi connectivity index (χ0v) is 6.41. The van der Waals surface area contributed by atoms with Crippen molar-refractivity contribution in [1.82, 2.24) is 9.78 Å². The first-order valence-electron chi connectivity index (χ1n) is 3.70. The molecule has 0 spiro atoms. The molecule has 0 radical (unpaired) electrons. The molecule has 1 fully saturated rings. The van der Waals surface area contributed by atoms with Crippen LogP contribution >= 0.6 is 0 Å². The smallest absolute Gasteiger partial charge is 0.102 e. The van der Waals surface area contributed by atoms with Crippen molar-refractivity contribution in [2.75, 3.05) is 0 Å². The van der Waals surface area contributed by atoms with Crippen molar-refractivity contribution in [3.63, 3.8) is 0 Å². The normalized spacial score (nSPS) is 19.3. The fourth-order valence-electron chi connectivity index (χ4n) is 1.09. The second-order valence-electron chi connectivity index (χ2n) is 3.28. The number of rotatable bonds is 1. The number of nitrogens with zero attached hydrogens (tertiary/aromatic N) is 3. The molecule has 0 atom stereocenters. The van der Waals surface area contributed by atoms with Crippen LogP contribution < -0.4 is 0 Å². The van der Waals surface area contributed by atoms with Gasteiger partial charge in [0, 0.05) is 6.20 Å². The van der Waals surface area contributed by atoms with Gasteiger partial charge in [0.05, 0.1) is 17.3 Å². The van der Waals surface area contributed by atoms with E-state index in [1.807, 2.05) is 10.9 Å². The summed E-state index contributed by atoms with van der Waals surface area (Å²) in [7, 11) is 0. The third-order valence-corrected chi connectivity index (χ3v) is 2.24. The molecule has 0 saturated heterocycles. The van der Waals surface area contributed by atoms with Crippen LogP contribution in [0.25, 0.3) is 0 Å². The maximum Gasteiger partial charge on any atom is 0.102 e. The van der Waals surface area contributed by atoms with Crippen LogP contribution in [-0.4, -0.2) is 9.78 Å². The number of hydrogen-bond acceptors (Lipinski definition) is 2. The quantitative estimate of drug-likeness (QED) is 0.600. The lowest BCUT2D eigenvalue weighted by molar-refractivity contribution is 0.472. The summed E-state index contributed by atoms with van der Waals surface area (Å²) in [6, 6.07) is 2.06. The lowest BCUT2D eigenvalue weighted by atomic mass is 10.3. The number of nitriles is 1. The van der Waals surface area contributed by atoms with Gasteiger partial charge in [-0.05, 0) is 19.8 Å². The van der Waals surface area contributed by atoms with Gasteiger partial charge in [0.1, 0.15) is 6.07 Å². The monoisotopic (exact) mass is 147 g/mol. The van der Waals surface area contributed by atoms with Gasteiger partial charge in [-0.3, -0.25) is 4.68 Å². The molecule has 1 aromatic rings. The van der Waals surface area contributed by atoms with Gasteiger partial charge in [0.15, 0.2) is 0 Å². The van der Waals surface area contributed by atoms with E-state index in [-0.39, 0.29) is 5.54 Å². The van der Waals surface area contributed by atoms with Gasteiger partial charge in [0.2, 0.25) is 0 Å². The van der Waals surface area contributed by atoms with Gasteiger partial charge in [-0.25, -0.2) is 0 Å². The highest BCUT2D eigenvalue weighted by Gasteiger charge is 2.40. The lowest BCUT2D eigenvalue weighted by Crippen LogP contribution is -2.11. The van der Waals surface area contributed by atoms with Gasteiger partial charge in [-0.1, -0.05) is 0 Å². The average Bonchev–Trinajstić information content (AvgIpc) is 2.61. The summed E-state index contributed by atoms with van der Waals surface area (Å²) in [4.78, 5) is 0. The highest BCUT2D eigenvalue weighted by atomic mass is 15.3. The Kier molecular flexibility index (Phi) is 1.08. The third-order valence-electron chi connectivity index (χ3n) is 2.24. The van der Waals surface area contributed by atoms with Gasteiger partial charge in [-0.2, -0.15) is 10.4 Å². The Morgan fingerprint density at radius 2 is 2.45 bits per heavy atom. The molecule has 0 unspecified atom stereocenters. The molecule has 3 heteroatoms. The van der Waals surface area contributed by atoms with Gasteiger partial charge < -0.3 is 0 Å². The molecule has 0 amide bonds. The van der Waals surface area contributed by atoms with E-state index in [1.54, 1.807) is 6.20 Å². The van der Waals surface area contributed by atoms with Crippen molar-refractivity contribution in [3.8, 4) is 6.07 Å². The molecule has 0 aromatic carbocycles. The zero-order chi connectivity index (χ0) is 7.90. The Hall–Kier alpha value is -1.30. The SMILES string of the molecule is CC1(n2cc(C#N)cn2)CC1. The fraction of sp³-hybridized carbons (Fsp3) is 0.500. The second-order valence-corrected chi connectivity index (χ2v) is 3.28. The molecule has 1 aromatic heterocycles. The molecule has 0 bridgehead atoms. The summed E-state index contributed by atoms with van der Waals surface area (Å²) in [5.74, 6) is 0. The van der Waals surface area contributed by atoms with Crippen LogP contribution in [0.3, 0.4) is 0 Å². The predicted molar refractivity (Wildman–Crippen MR) is 39.8 cm³/mol. The molecule has 3 nitrogen and oxygen atoms in total.